The molecule has 3 nitrogen and oxygen atoms in total. The Morgan fingerprint density at radius 3 is 2.83 bits per heavy atom. The lowest BCUT2D eigenvalue weighted by Crippen LogP contribution is -2.30. The van der Waals surface area contributed by atoms with Gasteiger partial charge in [-0.15, -0.1) is 0 Å². The number of hydrogen-bond donors (Lipinski definition) is 0. The number of carbonyl (C=O) groups is 1. The van der Waals surface area contributed by atoms with E-state index in [-0.39, 0.29) is 5.91 Å². The van der Waals surface area contributed by atoms with E-state index in [9.17, 15) is 4.79 Å². The number of methoxy groups -OCH3 is 1. The van der Waals surface area contributed by atoms with Gasteiger partial charge < -0.3 is 9.64 Å². The van der Waals surface area contributed by atoms with Gasteiger partial charge in [0.2, 0.25) is 5.91 Å². The van der Waals surface area contributed by atoms with Gasteiger partial charge in [-0.3, -0.25) is 4.79 Å². The molecule has 1 amide bonds. The van der Waals surface area contributed by atoms with Gasteiger partial charge in [0.05, 0.1) is 13.5 Å². The van der Waals surface area contributed by atoms with Crippen LogP contribution in [-0.4, -0.2) is 36.3 Å². The average Bonchev–Trinajstić information content (AvgIpc) is 2.36. The number of halogens is 1. The molecule has 0 aliphatic carbocycles. The maximum Gasteiger partial charge on any atom is 0.226 e. The minimum Gasteiger partial charge on any atom is -0.497 e. The molecular formula is C14H20BrNO2. The lowest BCUT2D eigenvalue weighted by Gasteiger charge is -2.18. The van der Waals surface area contributed by atoms with E-state index in [1.807, 2.05) is 31.3 Å². The summed E-state index contributed by atoms with van der Waals surface area (Å²) in [7, 11) is 3.47. The monoisotopic (exact) mass is 313 g/mol. The standard InChI is InChI=1S/C14H20BrNO2/c1-11(15)7-8-16(2)14(17)10-12-5-4-6-13(9-12)18-3/h4-6,9,11H,7-8,10H2,1-3H3. The average molecular weight is 314 g/mol. The number of amides is 1. The van der Waals surface area contributed by atoms with Crippen LogP contribution in [0.1, 0.15) is 18.9 Å². The van der Waals surface area contributed by atoms with Gasteiger partial charge in [-0.25, -0.2) is 0 Å². The fourth-order valence-electron chi connectivity index (χ4n) is 1.59. The molecule has 1 aromatic rings. The summed E-state index contributed by atoms with van der Waals surface area (Å²) in [6.07, 6.45) is 1.38. The second-order valence-corrected chi connectivity index (χ2v) is 5.98. The van der Waals surface area contributed by atoms with Crippen molar-refractivity contribution < 1.29 is 9.53 Å². The highest BCUT2D eigenvalue weighted by Gasteiger charge is 2.10. The highest BCUT2D eigenvalue weighted by Crippen LogP contribution is 2.13. The van der Waals surface area contributed by atoms with Crippen molar-refractivity contribution >= 4 is 21.8 Å². The fourth-order valence-corrected chi connectivity index (χ4v) is 1.79. The molecule has 0 spiro atoms. The summed E-state index contributed by atoms with van der Waals surface area (Å²) in [4.78, 5) is 14.2. The zero-order chi connectivity index (χ0) is 13.5. The number of ether oxygens (including phenoxy) is 1. The molecule has 0 saturated heterocycles. The Balaban J connectivity index is 2.52. The van der Waals surface area contributed by atoms with Gasteiger partial charge in [-0.1, -0.05) is 35.0 Å². The SMILES string of the molecule is COc1cccc(CC(=O)N(C)CCC(C)Br)c1. The van der Waals surface area contributed by atoms with Crippen molar-refractivity contribution in [1.82, 2.24) is 4.90 Å². The Morgan fingerprint density at radius 1 is 1.50 bits per heavy atom. The topological polar surface area (TPSA) is 29.5 Å². The van der Waals surface area contributed by atoms with E-state index >= 15 is 0 Å². The molecule has 0 N–H and O–H groups in total. The van der Waals surface area contributed by atoms with Crippen molar-refractivity contribution in [3.05, 3.63) is 29.8 Å². The largest absolute Gasteiger partial charge is 0.497 e. The first-order valence-electron chi connectivity index (χ1n) is 6.04. The highest BCUT2D eigenvalue weighted by atomic mass is 79.9. The first-order chi connectivity index (χ1) is 8.52. The van der Waals surface area contributed by atoms with Gasteiger partial charge in [-0.05, 0) is 24.1 Å². The van der Waals surface area contributed by atoms with Crippen molar-refractivity contribution in [2.75, 3.05) is 20.7 Å². The number of rotatable bonds is 6. The fraction of sp³-hybridized carbons (Fsp3) is 0.500. The molecule has 0 radical (unpaired) electrons. The Hall–Kier alpha value is -1.03. The second kappa shape index (κ2) is 7.41. The zero-order valence-corrected chi connectivity index (χ0v) is 12.7. The van der Waals surface area contributed by atoms with Crippen molar-refractivity contribution in [2.24, 2.45) is 0 Å². The van der Waals surface area contributed by atoms with Gasteiger partial charge in [0.15, 0.2) is 0 Å². The lowest BCUT2D eigenvalue weighted by atomic mass is 10.1. The maximum absolute atomic E-state index is 12.0. The highest BCUT2D eigenvalue weighted by molar-refractivity contribution is 9.09. The molecule has 0 saturated carbocycles. The maximum atomic E-state index is 12.0. The van der Waals surface area contributed by atoms with E-state index in [1.54, 1.807) is 12.0 Å². The van der Waals surface area contributed by atoms with Gasteiger partial charge in [0.1, 0.15) is 5.75 Å². The van der Waals surface area contributed by atoms with Crippen LogP contribution in [0.25, 0.3) is 0 Å². The third-order valence-electron chi connectivity index (χ3n) is 2.78. The van der Waals surface area contributed by atoms with Crippen molar-refractivity contribution in [2.45, 2.75) is 24.6 Å². The van der Waals surface area contributed by atoms with Crippen LogP contribution in [0.4, 0.5) is 0 Å². The summed E-state index contributed by atoms with van der Waals surface area (Å²) >= 11 is 3.48. The molecule has 1 aromatic carbocycles. The minimum absolute atomic E-state index is 0.136. The number of alkyl halides is 1. The number of benzene rings is 1. The number of nitrogens with zero attached hydrogens (tertiary/aromatic N) is 1. The van der Waals surface area contributed by atoms with Gasteiger partial charge in [-0.2, -0.15) is 0 Å². The second-order valence-electron chi connectivity index (χ2n) is 4.41. The Bertz CT molecular complexity index is 393. The van der Waals surface area contributed by atoms with Gasteiger partial charge >= 0.3 is 0 Å². The molecule has 1 unspecified atom stereocenters. The summed E-state index contributed by atoms with van der Waals surface area (Å²) in [6, 6.07) is 7.63. The molecule has 1 rings (SSSR count). The van der Waals surface area contributed by atoms with Crippen molar-refractivity contribution in [3.63, 3.8) is 0 Å². The Morgan fingerprint density at radius 2 is 2.22 bits per heavy atom. The first-order valence-corrected chi connectivity index (χ1v) is 6.95. The summed E-state index contributed by atoms with van der Waals surface area (Å²) in [5.74, 6) is 0.924. The van der Waals surface area contributed by atoms with E-state index in [0.29, 0.717) is 11.2 Å². The lowest BCUT2D eigenvalue weighted by molar-refractivity contribution is -0.129. The van der Waals surface area contributed by atoms with E-state index in [0.717, 1.165) is 24.3 Å². The molecule has 0 heterocycles. The van der Waals surface area contributed by atoms with E-state index in [1.165, 1.54) is 0 Å². The van der Waals surface area contributed by atoms with Gasteiger partial charge in [0.25, 0.3) is 0 Å². The predicted octanol–water partition coefficient (Wildman–Crippen LogP) is 2.87. The third kappa shape index (κ3) is 5.08. The quantitative estimate of drug-likeness (QED) is 0.756. The molecule has 0 fully saturated rings. The Labute approximate surface area is 117 Å². The van der Waals surface area contributed by atoms with Crippen LogP contribution in [0.5, 0.6) is 5.75 Å². The summed E-state index contributed by atoms with van der Waals surface area (Å²) in [5.41, 5.74) is 0.984. The number of hydrogen-bond acceptors (Lipinski definition) is 2. The zero-order valence-electron chi connectivity index (χ0n) is 11.1. The molecule has 0 bridgehead atoms. The third-order valence-corrected chi connectivity index (χ3v) is 3.24. The van der Waals surface area contributed by atoms with Crippen LogP contribution >= 0.6 is 15.9 Å². The molecule has 1 atom stereocenters. The molecule has 0 aliphatic heterocycles. The van der Waals surface area contributed by atoms with Crippen molar-refractivity contribution in [3.8, 4) is 5.75 Å². The van der Waals surface area contributed by atoms with Crippen LogP contribution in [-0.2, 0) is 11.2 Å². The van der Waals surface area contributed by atoms with Crippen molar-refractivity contribution in [1.29, 1.82) is 0 Å². The van der Waals surface area contributed by atoms with Crippen LogP contribution in [0, 0.1) is 0 Å². The van der Waals surface area contributed by atoms with Crippen LogP contribution in [0.15, 0.2) is 24.3 Å². The van der Waals surface area contributed by atoms with Crippen LogP contribution in [0.3, 0.4) is 0 Å². The molecule has 100 valence electrons. The smallest absolute Gasteiger partial charge is 0.226 e. The molecule has 4 heteroatoms. The number of carbonyl (C=O) groups excluding carboxylic acids is 1. The van der Waals surface area contributed by atoms with E-state index in [4.69, 9.17) is 4.74 Å². The molecule has 0 aliphatic rings. The Kier molecular flexibility index (Phi) is 6.19. The molecule has 18 heavy (non-hydrogen) atoms. The number of likely N-dealkylation sites (N-methyl/N-ethyl adjacent to an activating group) is 1. The van der Waals surface area contributed by atoms with E-state index in [2.05, 4.69) is 22.9 Å². The molecule has 0 aromatic heterocycles. The minimum atomic E-state index is 0.136. The molecular weight excluding hydrogens is 294 g/mol. The summed E-state index contributed by atoms with van der Waals surface area (Å²) in [5, 5.41) is 0. The summed E-state index contributed by atoms with van der Waals surface area (Å²) < 4.78 is 5.14. The predicted molar refractivity (Wildman–Crippen MR) is 77.3 cm³/mol. The summed E-state index contributed by atoms with van der Waals surface area (Å²) in [6.45, 7) is 2.86. The van der Waals surface area contributed by atoms with Crippen LogP contribution < -0.4 is 4.74 Å². The van der Waals surface area contributed by atoms with Gasteiger partial charge in [0, 0.05) is 18.4 Å². The van der Waals surface area contributed by atoms with Crippen LogP contribution in [0.2, 0.25) is 0 Å². The van der Waals surface area contributed by atoms with E-state index < -0.39 is 0 Å². The normalized spacial score (nSPS) is 12.0. The first kappa shape index (κ1) is 15.0.